The maximum atomic E-state index is 14.3. The molecule has 4 heterocycles. The lowest BCUT2D eigenvalue weighted by Crippen LogP contribution is -2.42. The molecule has 0 spiro atoms. The molecular formula is C34H41N7O2. The van der Waals surface area contributed by atoms with Crippen LogP contribution in [0, 0.1) is 6.92 Å². The van der Waals surface area contributed by atoms with E-state index in [1.54, 1.807) is 0 Å². The molecule has 224 valence electrons. The van der Waals surface area contributed by atoms with Gasteiger partial charge in [0.25, 0.3) is 5.56 Å². The number of anilines is 1. The highest BCUT2D eigenvalue weighted by molar-refractivity contribution is 5.82. The van der Waals surface area contributed by atoms with Gasteiger partial charge < -0.3 is 15.5 Å². The molecule has 6 rings (SSSR count). The summed E-state index contributed by atoms with van der Waals surface area (Å²) >= 11 is 0. The lowest BCUT2D eigenvalue weighted by molar-refractivity contribution is 0.180. The second-order valence-corrected chi connectivity index (χ2v) is 12.2. The molecule has 1 atom stereocenters. The lowest BCUT2D eigenvalue weighted by atomic mass is 9.99. The van der Waals surface area contributed by atoms with Gasteiger partial charge in [0.15, 0.2) is 0 Å². The molecule has 2 aliphatic rings. The Labute approximate surface area is 253 Å². The van der Waals surface area contributed by atoms with Gasteiger partial charge in [-0.05, 0) is 62.8 Å². The number of carbonyl (C=O) groups is 1. The Morgan fingerprint density at radius 3 is 2.47 bits per heavy atom. The van der Waals surface area contributed by atoms with E-state index >= 15 is 0 Å². The zero-order chi connectivity index (χ0) is 29.9. The van der Waals surface area contributed by atoms with Crippen molar-refractivity contribution in [3.05, 3.63) is 88.3 Å². The molecule has 9 heteroatoms. The average Bonchev–Trinajstić information content (AvgIpc) is 3.47. The van der Waals surface area contributed by atoms with Crippen molar-refractivity contribution in [3.8, 4) is 11.1 Å². The van der Waals surface area contributed by atoms with E-state index in [9.17, 15) is 9.59 Å². The SMILES string of the molecule is Cc1ccccc1-c1cc2cnc(N[C@H]3CCN(C(=O)NC(C)C)C3)nc2n(C2CCN(Cc3ccccc3)CC2)c1=O. The number of aryl methyl sites for hydroxylation is 1. The summed E-state index contributed by atoms with van der Waals surface area (Å²) in [5.74, 6) is 0.488. The number of carbonyl (C=O) groups excluding carboxylic acids is 1. The minimum absolute atomic E-state index is 0.00893. The summed E-state index contributed by atoms with van der Waals surface area (Å²) in [4.78, 5) is 40.7. The van der Waals surface area contributed by atoms with Gasteiger partial charge in [0.2, 0.25) is 5.95 Å². The first-order valence-electron chi connectivity index (χ1n) is 15.4. The quantitative estimate of drug-likeness (QED) is 0.312. The molecule has 0 bridgehead atoms. The molecule has 2 aromatic heterocycles. The maximum absolute atomic E-state index is 14.3. The van der Waals surface area contributed by atoms with E-state index in [4.69, 9.17) is 4.98 Å². The third-order valence-corrected chi connectivity index (χ3v) is 8.60. The number of aromatic nitrogens is 3. The molecule has 2 amide bonds. The van der Waals surface area contributed by atoms with E-state index in [-0.39, 0.29) is 29.7 Å². The monoisotopic (exact) mass is 579 g/mol. The molecule has 4 aromatic rings. The number of urea groups is 1. The summed E-state index contributed by atoms with van der Waals surface area (Å²) in [6.07, 6.45) is 4.37. The Kier molecular flexibility index (Phi) is 8.42. The first-order valence-corrected chi connectivity index (χ1v) is 15.4. The number of amides is 2. The Hall–Kier alpha value is -4.24. The van der Waals surface area contributed by atoms with Gasteiger partial charge in [-0.3, -0.25) is 14.3 Å². The molecule has 2 fully saturated rings. The number of fused-ring (bicyclic) bond motifs is 1. The van der Waals surface area contributed by atoms with E-state index in [0.29, 0.717) is 30.2 Å². The third kappa shape index (κ3) is 6.41. The molecule has 2 N–H and O–H groups in total. The highest BCUT2D eigenvalue weighted by atomic mass is 16.2. The Balaban J connectivity index is 1.29. The summed E-state index contributed by atoms with van der Waals surface area (Å²) in [5, 5.41) is 7.26. The number of nitrogens with one attached hydrogen (secondary N) is 2. The third-order valence-electron chi connectivity index (χ3n) is 8.60. The van der Waals surface area contributed by atoms with E-state index in [1.807, 2.05) is 72.8 Å². The smallest absolute Gasteiger partial charge is 0.317 e. The maximum Gasteiger partial charge on any atom is 0.317 e. The molecule has 2 aromatic carbocycles. The second-order valence-electron chi connectivity index (χ2n) is 12.2. The van der Waals surface area contributed by atoms with Crippen LogP contribution in [0.25, 0.3) is 22.2 Å². The van der Waals surface area contributed by atoms with Gasteiger partial charge in [-0.2, -0.15) is 4.98 Å². The van der Waals surface area contributed by atoms with E-state index in [2.05, 4.69) is 44.8 Å². The fraction of sp³-hybridized carbons (Fsp3) is 0.412. The predicted octanol–water partition coefficient (Wildman–Crippen LogP) is 5.21. The first-order chi connectivity index (χ1) is 20.9. The highest BCUT2D eigenvalue weighted by Crippen LogP contribution is 2.29. The number of rotatable bonds is 7. The highest BCUT2D eigenvalue weighted by Gasteiger charge is 2.28. The van der Waals surface area contributed by atoms with E-state index < -0.39 is 0 Å². The molecular weight excluding hydrogens is 538 g/mol. The fourth-order valence-electron chi connectivity index (χ4n) is 6.36. The minimum Gasteiger partial charge on any atom is -0.350 e. The summed E-state index contributed by atoms with van der Waals surface area (Å²) in [5.41, 5.74) is 4.65. The normalized spacial score (nSPS) is 18.0. The summed E-state index contributed by atoms with van der Waals surface area (Å²) in [6, 6.07) is 20.7. The fourth-order valence-corrected chi connectivity index (χ4v) is 6.36. The van der Waals surface area contributed by atoms with Crippen molar-refractivity contribution in [1.29, 1.82) is 0 Å². The number of pyridine rings is 1. The van der Waals surface area contributed by atoms with Gasteiger partial charge in [-0.1, -0.05) is 54.6 Å². The number of nitrogens with zero attached hydrogens (tertiary/aromatic N) is 5. The number of likely N-dealkylation sites (tertiary alicyclic amines) is 2. The summed E-state index contributed by atoms with van der Waals surface area (Å²) < 4.78 is 1.93. The predicted molar refractivity (Wildman–Crippen MR) is 171 cm³/mol. The van der Waals surface area contributed by atoms with Crippen LogP contribution in [0.1, 0.15) is 50.3 Å². The molecule has 0 unspecified atom stereocenters. The topological polar surface area (TPSA) is 95.4 Å². The zero-order valence-electron chi connectivity index (χ0n) is 25.3. The van der Waals surface area contributed by atoms with Crippen LogP contribution in [0.5, 0.6) is 0 Å². The Morgan fingerprint density at radius 2 is 1.72 bits per heavy atom. The van der Waals surface area contributed by atoms with Crippen LogP contribution < -0.4 is 16.2 Å². The van der Waals surface area contributed by atoms with Crippen LogP contribution in [0.3, 0.4) is 0 Å². The van der Waals surface area contributed by atoms with Crippen LogP contribution in [-0.4, -0.2) is 68.6 Å². The second kappa shape index (κ2) is 12.6. The van der Waals surface area contributed by atoms with Crippen molar-refractivity contribution in [2.75, 3.05) is 31.5 Å². The standard InChI is InChI=1S/C34H41N7O2/c1-23(2)36-34(43)40-18-13-27(22-40)37-33-35-20-26-19-30(29-12-8-7-9-24(29)3)32(42)41(31(26)38-33)28-14-16-39(17-15-28)21-25-10-5-4-6-11-25/h4-12,19-20,23,27-28H,13-18,21-22H2,1-3H3,(H,36,43)(H,35,37,38)/t27-/m0/s1. The summed E-state index contributed by atoms with van der Waals surface area (Å²) in [7, 11) is 0. The van der Waals surface area contributed by atoms with Gasteiger partial charge in [-0.15, -0.1) is 0 Å². The van der Waals surface area contributed by atoms with Crippen LogP contribution in [0.4, 0.5) is 10.7 Å². The molecule has 2 aliphatic heterocycles. The molecule has 43 heavy (non-hydrogen) atoms. The van der Waals surface area contributed by atoms with Crippen LogP contribution >= 0.6 is 0 Å². The largest absolute Gasteiger partial charge is 0.350 e. The first kappa shape index (κ1) is 28.9. The van der Waals surface area contributed by atoms with Crippen molar-refractivity contribution in [2.24, 2.45) is 0 Å². The Morgan fingerprint density at radius 1 is 0.977 bits per heavy atom. The van der Waals surface area contributed by atoms with Gasteiger partial charge in [-0.25, -0.2) is 9.78 Å². The van der Waals surface area contributed by atoms with E-state index in [0.717, 1.165) is 55.4 Å². The number of benzene rings is 2. The lowest BCUT2D eigenvalue weighted by Gasteiger charge is -2.33. The van der Waals surface area contributed by atoms with Crippen LogP contribution in [-0.2, 0) is 6.54 Å². The van der Waals surface area contributed by atoms with Crippen molar-refractivity contribution in [2.45, 2.75) is 64.7 Å². The van der Waals surface area contributed by atoms with Crippen molar-refractivity contribution in [1.82, 2.24) is 29.7 Å². The number of hydrogen-bond acceptors (Lipinski definition) is 6. The van der Waals surface area contributed by atoms with Crippen molar-refractivity contribution in [3.63, 3.8) is 0 Å². The van der Waals surface area contributed by atoms with E-state index in [1.165, 1.54) is 5.56 Å². The number of piperidine rings is 1. The molecule has 0 radical (unpaired) electrons. The summed E-state index contributed by atoms with van der Waals surface area (Å²) in [6.45, 7) is 9.96. The minimum atomic E-state index is -0.0464. The van der Waals surface area contributed by atoms with Crippen molar-refractivity contribution >= 4 is 23.0 Å². The Bertz CT molecular complexity index is 1640. The molecule has 0 saturated carbocycles. The van der Waals surface area contributed by atoms with Gasteiger partial charge in [0.1, 0.15) is 5.65 Å². The average molecular weight is 580 g/mol. The molecule has 0 aliphatic carbocycles. The van der Waals surface area contributed by atoms with Crippen LogP contribution in [0.2, 0.25) is 0 Å². The van der Waals surface area contributed by atoms with Gasteiger partial charge in [0.05, 0.1) is 0 Å². The van der Waals surface area contributed by atoms with Crippen LogP contribution in [0.15, 0.2) is 71.7 Å². The molecule has 2 saturated heterocycles. The zero-order valence-corrected chi connectivity index (χ0v) is 25.3. The van der Waals surface area contributed by atoms with Gasteiger partial charge >= 0.3 is 6.03 Å². The molecule has 9 nitrogen and oxygen atoms in total. The van der Waals surface area contributed by atoms with Gasteiger partial charge in [0, 0.05) is 68.0 Å². The van der Waals surface area contributed by atoms with Crippen molar-refractivity contribution < 1.29 is 4.79 Å². The number of hydrogen-bond donors (Lipinski definition) is 2.